The van der Waals surface area contributed by atoms with E-state index in [1.807, 2.05) is 0 Å². The number of nitrogens with one attached hydrogen (secondary N) is 1. The molecule has 1 aliphatic rings. The van der Waals surface area contributed by atoms with Gasteiger partial charge in [0, 0.05) is 17.3 Å². The van der Waals surface area contributed by atoms with E-state index in [2.05, 4.69) is 10.3 Å². The van der Waals surface area contributed by atoms with Crippen molar-refractivity contribution in [2.75, 3.05) is 0 Å². The molecule has 1 aliphatic carbocycles. The Morgan fingerprint density at radius 1 is 1.39 bits per heavy atom. The van der Waals surface area contributed by atoms with E-state index in [0.29, 0.717) is 11.6 Å². The fraction of sp³-hybridized carbons (Fsp3) is 0.231. The van der Waals surface area contributed by atoms with E-state index in [-0.39, 0.29) is 17.8 Å². The average molecular weight is 262 g/mol. The smallest absolute Gasteiger partial charge is 0.270 e. The summed E-state index contributed by atoms with van der Waals surface area (Å²) in [5.41, 5.74) is 3.17. The quantitative estimate of drug-likeness (QED) is 0.923. The molecule has 0 radical (unpaired) electrons. The van der Waals surface area contributed by atoms with E-state index in [1.54, 1.807) is 23.0 Å². The Labute approximate surface area is 108 Å². The zero-order valence-corrected chi connectivity index (χ0v) is 10.3. The van der Waals surface area contributed by atoms with Crippen molar-refractivity contribution < 1.29 is 9.18 Å². The van der Waals surface area contributed by atoms with Crippen molar-refractivity contribution in [1.29, 1.82) is 0 Å². The molecule has 1 heterocycles. The third-order valence-corrected chi connectivity index (χ3v) is 3.66. The summed E-state index contributed by atoms with van der Waals surface area (Å²) in [6.45, 7) is 0. The zero-order chi connectivity index (χ0) is 12.5. The fourth-order valence-corrected chi connectivity index (χ4v) is 2.53. The molecule has 5 heteroatoms. The lowest BCUT2D eigenvalue weighted by Gasteiger charge is -2.02. The predicted molar refractivity (Wildman–Crippen MR) is 67.1 cm³/mol. The van der Waals surface area contributed by atoms with E-state index in [1.165, 1.54) is 23.5 Å². The summed E-state index contributed by atoms with van der Waals surface area (Å²) in [7, 11) is 0. The Morgan fingerprint density at radius 3 is 2.83 bits per heavy atom. The first-order valence-electron chi connectivity index (χ1n) is 5.68. The first kappa shape index (κ1) is 11.3. The van der Waals surface area contributed by atoms with Crippen LogP contribution in [-0.4, -0.2) is 16.9 Å². The molecule has 3 nitrogen and oxygen atoms in total. The molecule has 1 saturated carbocycles. The summed E-state index contributed by atoms with van der Waals surface area (Å²) < 4.78 is 12.8. The van der Waals surface area contributed by atoms with E-state index >= 15 is 0 Å². The summed E-state index contributed by atoms with van der Waals surface area (Å²) in [5.74, 6) is -0.0680. The van der Waals surface area contributed by atoms with Crippen LogP contribution in [-0.2, 0) is 0 Å². The Morgan fingerprint density at radius 2 is 2.17 bits per heavy atom. The normalized spacial score (nSPS) is 21.6. The summed E-state index contributed by atoms with van der Waals surface area (Å²) in [5, 5.41) is 4.66. The predicted octanol–water partition coefficient (Wildman–Crippen LogP) is 2.57. The van der Waals surface area contributed by atoms with Crippen LogP contribution in [0.3, 0.4) is 0 Å². The molecule has 2 aromatic rings. The molecule has 0 spiro atoms. The second-order valence-corrected chi connectivity index (χ2v) is 5.07. The number of carbonyl (C=O) groups excluding carboxylic acids is 1. The van der Waals surface area contributed by atoms with Gasteiger partial charge in [0.1, 0.15) is 11.5 Å². The fourth-order valence-electron chi connectivity index (χ4n) is 2.00. The van der Waals surface area contributed by atoms with Crippen molar-refractivity contribution in [3.05, 3.63) is 52.2 Å². The second kappa shape index (κ2) is 4.49. The van der Waals surface area contributed by atoms with Crippen molar-refractivity contribution in [1.82, 2.24) is 10.3 Å². The SMILES string of the molecule is O=C(N[C@@H]1C[C@H]1c1ccc(F)cc1)c1cscn1. The highest BCUT2D eigenvalue weighted by Gasteiger charge is 2.39. The highest BCUT2D eigenvalue weighted by molar-refractivity contribution is 7.07. The van der Waals surface area contributed by atoms with Gasteiger partial charge in [-0.25, -0.2) is 9.37 Å². The minimum absolute atomic E-state index is 0.133. The molecule has 1 aromatic heterocycles. The number of hydrogen-bond donors (Lipinski definition) is 1. The molecule has 1 amide bonds. The molecule has 1 N–H and O–H groups in total. The van der Waals surface area contributed by atoms with Gasteiger partial charge in [0.25, 0.3) is 5.91 Å². The first-order chi connectivity index (χ1) is 8.74. The minimum Gasteiger partial charge on any atom is -0.347 e. The molecule has 3 rings (SSSR count). The first-order valence-corrected chi connectivity index (χ1v) is 6.63. The molecule has 1 fully saturated rings. The third-order valence-electron chi connectivity index (χ3n) is 3.07. The summed E-state index contributed by atoms with van der Waals surface area (Å²) in [6.07, 6.45) is 0.904. The van der Waals surface area contributed by atoms with E-state index in [9.17, 15) is 9.18 Å². The number of benzene rings is 1. The van der Waals surface area contributed by atoms with Crippen molar-refractivity contribution in [2.45, 2.75) is 18.4 Å². The van der Waals surface area contributed by atoms with Gasteiger partial charge < -0.3 is 5.32 Å². The van der Waals surface area contributed by atoms with Crippen molar-refractivity contribution in [2.24, 2.45) is 0 Å². The summed E-state index contributed by atoms with van der Waals surface area (Å²) in [6, 6.07) is 6.59. The van der Waals surface area contributed by atoms with Crippen LogP contribution in [0, 0.1) is 5.82 Å². The van der Waals surface area contributed by atoms with Crippen molar-refractivity contribution in [3.63, 3.8) is 0 Å². The van der Waals surface area contributed by atoms with E-state index < -0.39 is 0 Å². The average Bonchev–Trinajstić information content (AvgIpc) is 2.92. The number of carbonyl (C=O) groups is 1. The summed E-state index contributed by atoms with van der Waals surface area (Å²) in [4.78, 5) is 15.7. The minimum atomic E-state index is -0.234. The van der Waals surface area contributed by atoms with Crippen LogP contribution in [0.5, 0.6) is 0 Å². The number of nitrogens with zero attached hydrogens (tertiary/aromatic N) is 1. The molecule has 0 bridgehead atoms. The van der Waals surface area contributed by atoms with Gasteiger partial charge in [0.2, 0.25) is 0 Å². The van der Waals surface area contributed by atoms with Gasteiger partial charge >= 0.3 is 0 Å². The summed E-state index contributed by atoms with van der Waals surface area (Å²) >= 11 is 1.40. The number of thiazole rings is 1. The maximum atomic E-state index is 12.8. The molecule has 92 valence electrons. The Balaban J connectivity index is 1.61. The van der Waals surface area contributed by atoms with Crippen molar-refractivity contribution >= 4 is 17.2 Å². The monoisotopic (exact) mass is 262 g/mol. The molecule has 0 unspecified atom stereocenters. The van der Waals surface area contributed by atoms with Gasteiger partial charge in [-0.2, -0.15) is 0 Å². The lowest BCUT2D eigenvalue weighted by atomic mass is 10.1. The number of aromatic nitrogens is 1. The Kier molecular flexibility index (Phi) is 2.83. The van der Waals surface area contributed by atoms with Gasteiger partial charge in [-0.1, -0.05) is 12.1 Å². The van der Waals surface area contributed by atoms with Crippen molar-refractivity contribution in [3.8, 4) is 0 Å². The zero-order valence-electron chi connectivity index (χ0n) is 9.47. The van der Waals surface area contributed by atoms with Crippen LogP contribution < -0.4 is 5.32 Å². The van der Waals surface area contributed by atoms with Crippen LogP contribution in [0.1, 0.15) is 28.4 Å². The number of rotatable bonds is 3. The highest BCUT2D eigenvalue weighted by Crippen LogP contribution is 2.40. The van der Waals surface area contributed by atoms with E-state index in [0.717, 1.165) is 12.0 Å². The largest absolute Gasteiger partial charge is 0.347 e. The number of halogens is 1. The standard InChI is InChI=1S/C13H11FN2OS/c14-9-3-1-8(2-4-9)10-5-11(10)16-13(17)12-6-18-7-15-12/h1-4,6-7,10-11H,5H2,(H,16,17)/t10-,11+/m0/s1. The topological polar surface area (TPSA) is 42.0 Å². The molecule has 0 aliphatic heterocycles. The van der Waals surface area contributed by atoms with Crippen LogP contribution in [0.4, 0.5) is 4.39 Å². The third kappa shape index (κ3) is 2.26. The van der Waals surface area contributed by atoms with Gasteiger partial charge in [-0.05, 0) is 24.1 Å². The van der Waals surface area contributed by atoms with Gasteiger partial charge in [-0.15, -0.1) is 11.3 Å². The van der Waals surface area contributed by atoms with Gasteiger partial charge in [-0.3, -0.25) is 4.79 Å². The van der Waals surface area contributed by atoms with Crippen LogP contribution in [0.25, 0.3) is 0 Å². The highest BCUT2D eigenvalue weighted by atomic mass is 32.1. The molecular formula is C13H11FN2OS. The van der Waals surface area contributed by atoms with Gasteiger partial charge in [0.05, 0.1) is 5.51 Å². The molecule has 1 aromatic carbocycles. The van der Waals surface area contributed by atoms with Gasteiger partial charge in [0.15, 0.2) is 0 Å². The number of amides is 1. The second-order valence-electron chi connectivity index (χ2n) is 4.35. The Hall–Kier alpha value is -1.75. The van der Waals surface area contributed by atoms with Crippen LogP contribution >= 0.6 is 11.3 Å². The lowest BCUT2D eigenvalue weighted by Crippen LogP contribution is -2.26. The number of hydrogen-bond acceptors (Lipinski definition) is 3. The molecule has 0 saturated heterocycles. The maximum Gasteiger partial charge on any atom is 0.270 e. The van der Waals surface area contributed by atoms with E-state index in [4.69, 9.17) is 0 Å². The lowest BCUT2D eigenvalue weighted by molar-refractivity contribution is 0.0946. The van der Waals surface area contributed by atoms with Crippen LogP contribution in [0.15, 0.2) is 35.2 Å². The molecule has 2 atom stereocenters. The molecule has 18 heavy (non-hydrogen) atoms. The maximum absolute atomic E-state index is 12.8. The van der Waals surface area contributed by atoms with Crippen LogP contribution in [0.2, 0.25) is 0 Å². The Bertz CT molecular complexity index is 553. The molecular weight excluding hydrogens is 251 g/mol.